The average molecular weight is 367 g/mol. The first-order chi connectivity index (χ1) is 11.9. The molecule has 0 bridgehead atoms. The van der Waals surface area contributed by atoms with Gasteiger partial charge in [0.05, 0.1) is 12.1 Å². The molecule has 1 aromatic rings. The number of hydrogen-bond acceptors (Lipinski definition) is 6. The number of rotatable bonds is 4. The van der Waals surface area contributed by atoms with Crippen LogP contribution in [0.15, 0.2) is 12.3 Å². The number of aromatic nitrogens is 2. The van der Waals surface area contributed by atoms with Gasteiger partial charge in [-0.25, -0.2) is 4.98 Å². The lowest BCUT2D eigenvalue weighted by Gasteiger charge is -2.42. The molecule has 8 nitrogen and oxygen atoms in total. The number of amides is 2. The van der Waals surface area contributed by atoms with Gasteiger partial charge in [-0.05, 0) is 31.7 Å². The van der Waals surface area contributed by atoms with Crippen LogP contribution in [0.25, 0.3) is 0 Å². The number of carbonyl (C=O) groups is 2. The van der Waals surface area contributed by atoms with Crippen molar-refractivity contribution in [2.75, 3.05) is 17.2 Å². The van der Waals surface area contributed by atoms with Gasteiger partial charge in [0.25, 0.3) is 0 Å². The highest BCUT2D eigenvalue weighted by Crippen LogP contribution is 2.31. The molecule has 25 heavy (non-hydrogen) atoms. The Bertz CT molecular complexity index is 657. The van der Waals surface area contributed by atoms with Crippen LogP contribution in [0.2, 0.25) is 0 Å². The molecule has 0 spiro atoms. The van der Waals surface area contributed by atoms with Crippen molar-refractivity contribution >= 4 is 35.2 Å². The van der Waals surface area contributed by atoms with Crippen LogP contribution in [0.4, 0.5) is 11.8 Å². The first-order valence-electron chi connectivity index (χ1n) is 8.47. The minimum atomic E-state index is -0.198. The van der Waals surface area contributed by atoms with Crippen LogP contribution in [0.1, 0.15) is 26.7 Å². The van der Waals surface area contributed by atoms with Crippen LogP contribution in [0, 0.1) is 11.8 Å². The van der Waals surface area contributed by atoms with Gasteiger partial charge in [0.1, 0.15) is 5.82 Å². The highest BCUT2D eigenvalue weighted by Gasteiger charge is 2.41. The van der Waals surface area contributed by atoms with Crippen molar-refractivity contribution in [1.82, 2.24) is 20.6 Å². The lowest BCUT2D eigenvalue weighted by molar-refractivity contribution is -0.130. The normalized spacial score (nSPS) is 30.0. The van der Waals surface area contributed by atoms with Crippen LogP contribution in [0.5, 0.6) is 0 Å². The molecule has 4 unspecified atom stereocenters. The van der Waals surface area contributed by atoms with E-state index in [1.54, 1.807) is 12.3 Å². The summed E-state index contributed by atoms with van der Waals surface area (Å²) in [6.07, 6.45) is 3.21. The summed E-state index contributed by atoms with van der Waals surface area (Å²) < 4.78 is 0. The van der Waals surface area contributed by atoms with E-state index in [1.165, 1.54) is 6.92 Å². The molecule has 2 saturated heterocycles. The summed E-state index contributed by atoms with van der Waals surface area (Å²) in [5, 5.41) is 12.2. The topological polar surface area (TPSA) is 108 Å². The molecule has 9 heteroatoms. The third-order valence-electron chi connectivity index (χ3n) is 4.70. The maximum atomic E-state index is 12.5. The lowest BCUT2D eigenvalue weighted by Crippen LogP contribution is -2.62. The zero-order valence-corrected chi connectivity index (χ0v) is 15.0. The Hall–Kier alpha value is -1.93. The van der Waals surface area contributed by atoms with Crippen molar-refractivity contribution in [3.05, 3.63) is 12.3 Å². The van der Waals surface area contributed by atoms with Crippen molar-refractivity contribution in [3.63, 3.8) is 0 Å². The minimum absolute atomic E-state index is 0.00490. The van der Waals surface area contributed by atoms with Crippen molar-refractivity contribution in [2.45, 2.75) is 44.3 Å². The maximum Gasteiger partial charge on any atom is 0.226 e. The van der Waals surface area contributed by atoms with Gasteiger partial charge in [0, 0.05) is 31.1 Å². The van der Waals surface area contributed by atoms with Gasteiger partial charge in [-0.2, -0.15) is 4.98 Å². The van der Waals surface area contributed by atoms with Gasteiger partial charge in [0.15, 0.2) is 0 Å². The Balaban J connectivity index is 1.65. The van der Waals surface area contributed by atoms with E-state index in [1.807, 2.05) is 6.92 Å². The highest BCUT2D eigenvalue weighted by atomic mass is 35.5. The van der Waals surface area contributed by atoms with Crippen LogP contribution >= 0.6 is 11.6 Å². The lowest BCUT2D eigenvalue weighted by atomic mass is 9.79. The summed E-state index contributed by atoms with van der Waals surface area (Å²) in [5.41, 5.74) is 0. The number of nitrogens with zero attached hydrogens (tertiary/aromatic N) is 2. The molecule has 5 atom stereocenters. The molecule has 136 valence electrons. The number of carbonyl (C=O) groups excluding carboxylic acids is 2. The molecule has 3 rings (SSSR count). The molecule has 1 aromatic heterocycles. The SMILES string of the molecule is CC(=O)Nc1ccnc(N[C@@H](C)C2CC3CC(Cl)CNC3NC2=O)n1. The van der Waals surface area contributed by atoms with Gasteiger partial charge < -0.3 is 16.0 Å². The Morgan fingerprint density at radius 3 is 3.00 bits per heavy atom. The van der Waals surface area contributed by atoms with Gasteiger partial charge in [-0.3, -0.25) is 14.9 Å². The van der Waals surface area contributed by atoms with Crippen molar-refractivity contribution < 1.29 is 9.59 Å². The molecule has 3 heterocycles. The van der Waals surface area contributed by atoms with Crippen LogP contribution in [-0.4, -0.2) is 45.9 Å². The number of fused-ring (bicyclic) bond motifs is 1. The number of halogens is 1. The summed E-state index contributed by atoms with van der Waals surface area (Å²) in [4.78, 5) is 32.0. The summed E-state index contributed by atoms with van der Waals surface area (Å²) in [6.45, 7) is 4.07. The smallest absolute Gasteiger partial charge is 0.226 e. The Labute approximate surface area is 151 Å². The van der Waals surface area contributed by atoms with E-state index in [0.29, 0.717) is 24.2 Å². The molecular formula is C16H23ClN6O2. The predicted molar refractivity (Wildman–Crippen MR) is 95.2 cm³/mol. The van der Waals surface area contributed by atoms with Crippen LogP contribution in [-0.2, 0) is 9.59 Å². The van der Waals surface area contributed by atoms with Gasteiger partial charge >= 0.3 is 0 Å². The zero-order chi connectivity index (χ0) is 18.0. The third-order valence-corrected chi connectivity index (χ3v) is 5.03. The van der Waals surface area contributed by atoms with E-state index in [0.717, 1.165) is 12.8 Å². The van der Waals surface area contributed by atoms with Crippen LogP contribution in [0.3, 0.4) is 0 Å². The van der Waals surface area contributed by atoms with E-state index in [-0.39, 0.29) is 35.3 Å². The number of nitrogens with one attached hydrogen (secondary N) is 4. The molecule has 2 amide bonds. The first-order valence-corrected chi connectivity index (χ1v) is 8.91. The maximum absolute atomic E-state index is 12.5. The monoisotopic (exact) mass is 366 g/mol. The van der Waals surface area contributed by atoms with Gasteiger partial charge in [-0.15, -0.1) is 11.6 Å². The first kappa shape index (κ1) is 17.9. The highest BCUT2D eigenvalue weighted by molar-refractivity contribution is 6.20. The number of anilines is 2. The molecule has 0 saturated carbocycles. The molecular weight excluding hydrogens is 344 g/mol. The number of hydrogen-bond donors (Lipinski definition) is 4. The molecule has 0 radical (unpaired) electrons. The van der Waals surface area contributed by atoms with Gasteiger partial charge in [0.2, 0.25) is 17.8 Å². The molecule has 0 aliphatic carbocycles. The largest absolute Gasteiger partial charge is 0.351 e. The van der Waals surface area contributed by atoms with E-state index in [4.69, 9.17) is 11.6 Å². The second kappa shape index (κ2) is 7.53. The van der Waals surface area contributed by atoms with E-state index >= 15 is 0 Å². The minimum Gasteiger partial charge on any atom is -0.351 e. The fraction of sp³-hybridized carbons (Fsp3) is 0.625. The van der Waals surface area contributed by atoms with Crippen molar-refractivity contribution in [1.29, 1.82) is 0 Å². The second-order valence-electron chi connectivity index (χ2n) is 6.71. The molecule has 2 aliphatic rings. The molecule has 2 fully saturated rings. The average Bonchev–Trinajstić information content (AvgIpc) is 2.54. The third kappa shape index (κ3) is 4.38. The Morgan fingerprint density at radius 1 is 1.44 bits per heavy atom. The predicted octanol–water partition coefficient (Wildman–Crippen LogP) is 0.915. The molecule has 2 aliphatic heterocycles. The molecule has 0 aromatic carbocycles. The van der Waals surface area contributed by atoms with E-state index in [9.17, 15) is 9.59 Å². The standard InChI is InChI=1S/C16H23ClN6O2/c1-8(20-16-18-4-3-13(22-16)21-9(2)24)12-6-10-5-11(17)7-19-14(10)23-15(12)25/h3-4,8,10-12,14,19H,5-7H2,1-2H3,(H,23,25)(H2,18,20,21,22,24)/t8-,10?,11?,12?,14?/m0/s1. The number of piperidine rings is 2. The summed E-state index contributed by atoms with van der Waals surface area (Å²) in [5.74, 6) is 0.737. The van der Waals surface area contributed by atoms with Crippen LogP contribution < -0.4 is 21.3 Å². The fourth-order valence-corrected chi connectivity index (χ4v) is 3.80. The quantitative estimate of drug-likeness (QED) is 0.590. The number of alkyl halides is 1. The summed E-state index contributed by atoms with van der Waals surface area (Å²) >= 11 is 6.24. The zero-order valence-electron chi connectivity index (χ0n) is 14.3. The Morgan fingerprint density at radius 2 is 2.24 bits per heavy atom. The summed E-state index contributed by atoms with van der Waals surface area (Å²) in [6, 6.07) is 1.47. The molecule has 4 N–H and O–H groups in total. The van der Waals surface area contributed by atoms with Crippen molar-refractivity contribution in [3.8, 4) is 0 Å². The van der Waals surface area contributed by atoms with E-state index in [2.05, 4.69) is 31.2 Å². The fourth-order valence-electron chi connectivity index (χ4n) is 3.48. The van der Waals surface area contributed by atoms with E-state index < -0.39 is 0 Å². The summed E-state index contributed by atoms with van der Waals surface area (Å²) in [7, 11) is 0. The Kier molecular flexibility index (Phi) is 5.39. The van der Waals surface area contributed by atoms with Gasteiger partial charge in [-0.1, -0.05) is 0 Å². The van der Waals surface area contributed by atoms with Crippen molar-refractivity contribution in [2.24, 2.45) is 11.8 Å². The second-order valence-corrected chi connectivity index (χ2v) is 7.33.